The fraction of sp³-hybridized carbons (Fsp3) is 0.250. The number of hydrogen-bond donors (Lipinski definition) is 1. The van der Waals surface area contributed by atoms with Gasteiger partial charge in [-0.25, -0.2) is 9.97 Å². The lowest BCUT2D eigenvalue weighted by atomic mass is 10.2. The van der Waals surface area contributed by atoms with Crippen LogP contribution >= 0.6 is 0 Å². The molecule has 18 heavy (non-hydrogen) atoms. The number of amides is 1. The molecule has 6 nitrogen and oxygen atoms in total. The van der Waals surface area contributed by atoms with E-state index >= 15 is 0 Å². The van der Waals surface area contributed by atoms with Crippen LogP contribution in [0.15, 0.2) is 30.7 Å². The second-order valence-corrected chi connectivity index (χ2v) is 4.02. The van der Waals surface area contributed by atoms with E-state index in [0.29, 0.717) is 17.9 Å². The maximum Gasteiger partial charge on any atom is 0.254 e. The third-order valence-electron chi connectivity index (χ3n) is 2.55. The van der Waals surface area contributed by atoms with Crippen molar-refractivity contribution in [2.24, 2.45) is 5.73 Å². The molecule has 2 rings (SSSR count). The van der Waals surface area contributed by atoms with E-state index in [1.54, 1.807) is 49.4 Å². The van der Waals surface area contributed by atoms with Gasteiger partial charge in [0, 0.05) is 32.7 Å². The van der Waals surface area contributed by atoms with Crippen molar-refractivity contribution in [1.82, 2.24) is 19.4 Å². The van der Waals surface area contributed by atoms with Gasteiger partial charge in [-0.3, -0.25) is 9.36 Å². The van der Waals surface area contributed by atoms with Crippen LogP contribution in [-0.4, -0.2) is 39.4 Å². The van der Waals surface area contributed by atoms with Crippen molar-refractivity contribution in [2.75, 3.05) is 14.1 Å². The van der Waals surface area contributed by atoms with Crippen LogP contribution < -0.4 is 5.73 Å². The second kappa shape index (κ2) is 4.97. The summed E-state index contributed by atoms with van der Waals surface area (Å²) in [6.07, 6.45) is 5.01. The number of imidazole rings is 1. The van der Waals surface area contributed by atoms with Crippen LogP contribution in [0.2, 0.25) is 0 Å². The first-order valence-electron chi connectivity index (χ1n) is 5.54. The molecule has 0 atom stereocenters. The number of carbonyl (C=O) groups is 1. The van der Waals surface area contributed by atoms with Crippen LogP contribution in [0.25, 0.3) is 5.82 Å². The van der Waals surface area contributed by atoms with E-state index in [9.17, 15) is 4.79 Å². The number of nitrogens with zero attached hydrogens (tertiary/aromatic N) is 4. The zero-order valence-corrected chi connectivity index (χ0v) is 10.4. The molecule has 2 aromatic heterocycles. The third kappa shape index (κ3) is 2.23. The van der Waals surface area contributed by atoms with Crippen molar-refractivity contribution in [2.45, 2.75) is 6.54 Å². The van der Waals surface area contributed by atoms with Gasteiger partial charge in [-0.2, -0.15) is 0 Å². The first kappa shape index (κ1) is 12.3. The number of hydrogen-bond acceptors (Lipinski definition) is 4. The van der Waals surface area contributed by atoms with Crippen LogP contribution in [0, 0.1) is 0 Å². The minimum atomic E-state index is -0.0706. The minimum Gasteiger partial charge on any atom is -0.345 e. The van der Waals surface area contributed by atoms with Crippen molar-refractivity contribution in [3.8, 4) is 5.82 Å². The van der Waals surface area contributed by atoms with Gasteiger partial charge in [0.2, 0.25) is 0 Å². The summed E-state index contributed by atoms with van der Waals surface area (Å²) in [5.74, 6) is 1.36. The van der Waals surface area contributed by atoms with E-state index in [1.165, 1.54) is 4.90 Å². The molecule has 0 radical (unpaired) electrons. The first-order chi connectivity index (χ1) is 8.63. The molecular weight excluding hydrogens is 230 g/mol. The Morgan fingerprint density at radius 1 is 1.39 bits per heavy atom. The van der Waals surface area contributed by atoms with Crippen molar-refractivity contribution in [3.63, 3.8) is 0 Å². The molecule has 2 heterocycles. The number of rotatable bonds is 3. The standard InChI is InChI=1S/C12H15N5O/c1-16(2)12(18)9-3-4-10(15-8-9)17-6-5-14-11(17)7-13/h3-6,8H,7,13H2,1-2H3. The topological polar surface area (TPSA) is 77.0 Å². The van der Waals surface area contributed by atoms with Gasteiger partial charge in [0.15, 0.2) is 0 Å². The molecule has 0 unspecified atom stereocenters. The molecule has 94 valence electrons. The number of nitrogens with two attached hydrogens (primary N) is 1. The summed E-state index contributed by atoms with van der Waals surface area (Å²) >= 11 is 0. The lowest BCUT2D eigenvalue weighted by molar-refractivity contribution is 0.0827. The van der Waals surface area contributed by atoms with Gasteiger partial charge in [0.1, 0.15) is 11.6 Å². The smallest absolute Gasteiger partial charge is 0.254 e. The highest BCUT2D eigenvalue weighted by Gasteiger charge is 2.09. The Labute approximate surface area is 105 Å². The van der Waals surface area contributed by atoms with Gasteiger partial charge in [-0.15, -0.1) is 0 Å². The predicted octanol–water partition coefficient (Wildman–Crippen LogP) is 0.428. The number of aromatic nitrogens is 3. The Morgan fingerprint density at radius 3 is 2.72 bits per heavy atom. The SMILES string of the molecule is CN(C)C(=O)c1ccc(-n2ccnc2CN)nc1. The van der Waals surface area contributed by atoms with Crippen molar-refractivity contribution >= 4 is 5.91 Å². The highest BCUT2D eigenvalue weighted by Crippen LogP contribution is 2.09. The van der Waals surface area contributed by atoms with E-state index in [4.69, 9.17) is 5.73 Å². The summed E-state index contributed by atoms with van der Waals surface area (Å²) in [7, 11) is 3.41. The largest absolute Gasteiger partial charge is 0.345 e. The second-order valence-electron chi connectivity index (χ2n) is 4.02. The molecule has 0 saturated heterocycles. The summed E-state index contributed by atoms with van der Waals surface area (Å²) in [6.45, 7) is 0.340. The molecule has 0 saturated carbocycles. The Hall–Kier alpha value is -2.21. The molecule has 0 aliphatic carbocycles. The fourth-order valence-electron chi connectivity index (χ4n) is 1.61. The molecular formula is C12H15N5O. The zero-order valence-electron chi connectivity index (χ0n) is 10.4. The van der Waals surface area contributed by atoms with Crippen LogP contribution in [0.4, 0.5) is 0 Å². The number of carbonyl (C=O) groups excluding carboxylic acids is 1. The molecule has 2 N–H and O–H groups in total. The van der Waals surface area contributed by atoms with Crippen LogP contribution in [0.5, 0.6) is 0 Å². The minimum absolute atomic E-state index is 0.0706. The van der Waals surface area contributed by atoms with E-state index in [-0.39, 0.29) is 5.91 Å². The monoisotopic (exact) mass is 245 g/mol. The lowest BCUT2D eigenvalue weighted by Gasteiger charge is -2.10. The summed E-state index contributed by atoms with van der Waals surface area (Å²) in [5, 5.41) is 0. The van der Waals surface area contributed by atoms with Crippen LogP contribution in [0.1, 0.15) is 16.2 Å². The molecule has 1 amide bonds. The average Bonchev–Trinajstić information content (AvgIpc) is 2.86. The van der Waals surface area contributed by atoms with E-state index in [1.807, 2.05) is 0 Å². The summed E-state index contributed by atoms with van der Waals surface area (Å²) in [4.78, 5) is 21.6. The lowest BCUT2D eigenvalue weighted by Crippen LogP contribution is -2.21. The molecule has 0 aliphatic heterocycles. The molecule has 2 aromatic rings. The van der Waals surface area contributed by atoms with Gasteiger partial charge in [0.05, 0.1) is 12.1 Å². The maximum atomic E-state index is 11.7. The van der Waals surface area contributed by atoms with E-state index < -0.39 is 0 Å². The highest BCUT2D eigenvalue weighted by molar-refractivity contribution is 5.93. The first-order valence-corrected chi connectivity index (χ1v) is 5.54. The fourth-order valence-corrected chi connectivity index (χ4v) is 1.61. The van der Waals surface area contributed by atoms with Gasteiger partial charge in [-0.05, 0) is 12.1 Å². The third-order valence-corrected chi connectivity index (χ3v) is 2.55. The van der Waals surface area contributed by atoms with Gasteiger partial charge in [-0.1, -0.05) is 0 Å². The highest BCUT2D eigenvalue weighted by atomic mass is 16.2. The normalized spacial score (nSPS) is 10.4. The summed E-state index contributed by atoms with van der Waals surface area (Å²) in [6, 6.07) is 3.52. The molecule has 6 heteroatoms. The molecule has 0 bridgehead atoms. The Balaban J connectivity index is 2.31. The Kier molecular flexibility index (Phi) is 3.38. The van der Waals surface area contributed by atoms with Gasteiger partial charge < -0.3 is 10.6 Å². The Morgan fingerprint density at radius 2 is 2.17 bits per heavy atom. The van der Waals surface area contributed by atoms with Gasteiger partial charge >= 0.3 is 0 Å². The van der Waals surface area contributed by atoms with Crippen LogP contribution in [-0.2, 0) is 6.54 Å². The number of pyridine rings is 1. The molecule has 0 spiro atoms. The Bertz CT molecular complexity index is 544. The quantitative estimate of drug-likeness (QED) is 0.850. The molecule has 0 aromatic carbocycles. The zero-order chi connectivity index (χ0) is 13.1. The van der Waals surface area contributed by atoms with Crippen LogP contribution in [0.3, 0.4) is 0 Å². The van der Waals surface area contributed by atoms with Crippen molar-refractivity contribution in [1.29, 1.82) is 0 Å². The van der Waals surface area contributed by atoms with Gasteiger partial charge in [0.25, 0.3) is 5.91 Å². The predicted molar refractivity (Wildman–Crippen MR) is 67.3 cm³/mol. The molecule has 0 aliphatic rings. The van der Waals surface area contributed by atoms with Crippen molar-refractivity contribution in [3.05, 3.63) is 42.1 Å². The summed E-state index contributed by atoms with van der Waals surface area (Å²) < 4.78 is 1.80. The van der Waals surface area contributed by atoms with Crippen molar-refractivity contribution < 1.29 is 4.79 Å². The summed E-state index contributed by atoms with van der Waals surface area (Å²) in [5.41, 5.74) is 6.13. The van der Waals surface area contributed by atoms with E-state index in [0.717, 1.165) is 5.82 Å². The average molecular weight is 245 g/mol. The van der Waals surface area contributed by atoms with E-state index in [2.05, 4.69) is 9.97 Å². The molecule has 0 fully saturated rings. The maximum absolute atomic E-state index is 11.7.